The van der Waals surface area contributed by atoms with Gasteiger partial charge in [-0.05, 0) is 49.4 Å². The Bertz CT molecular complexity index is 872. The van der Waals surface area contributed by atoms with Crippen molar-refractivity contribution in [2.24, 2.45) is 5.92 Å². The fraction of sp³-hybridized carbons (Fsp3) is 0.391. The van der Waals surface area contributed by atoms with Gasteiger partial charge in [0.15, 0.2) is 0 Å². The maximum Gasteiger partial charge on any atom is 0.257 e. The summed E-state index contributed by atoms with van der Waals surface area (Å²) in [5.41, 5.74) is 2.90. The van der Waals surface area contributed by atoms with Crippen LogP contribution in [0.25, 0.3) is 0 Å². The number of benzene rings is 2. The van der Waals surface area contributed by atoms with E-state index in [2.05, 4.69) is 6.07 Å². The molecule has 2 aliphatic heterocycles. The third-order valence-corrected chi connectivity index (χ3v) is 5.85. The molecule has 4 rings (SSSR count). The number of methoxy groups -OCH3 is 1. The van der Waals surface area contributed by atoms with Gasteiger partial charge in [0.2, 0.25) is 5.91 Å². The van der Waals surface area contributed by atoms with E-state index in [9.17, 15) is 9.59 Å². The molecule has 0 bridgehead atoms. The summed E-state index contributed by atoms with van der Waals surface area (Å²) in [6, 6.07) is 15.5. The number of fused-ring (bicyclic) bond motifs is 1. The van der Waals surface area contributed by atoms with Gasteiger partial charge in [0.05, 0.1) is 12.7 Å². The van der Waals surface area contributed by atoms with Gasteiger partial charge in [0.1, 0.15) is 5.75 Å². The van der Waals surface area contributed by atoms with Gasteiger partial charge in [0, 0.05) is 31.2 Å². The molecule has 2 aromatic carbocycles. The molecule has 1 saturated heterocycles. The number of aryl methyl sites for hydroxylation is 1. The molecule has 0 saturated carbocycles. The van der Waals surface area contributed by atoms with Crippen molar-refractivity contribution in [3.63, 3.8) is 0 Å². The SMILES string of the molecule is COc1ccccc1C(=O)N1CCC(C(=O)N2CCCc3ccccc32)CC1. The van der Waals surface area contributed by atoms with E-state index in [4.69, 9.17) is 4.74 Å². The number of nitrogens with zero attached hydrogens (tertiary/aromatic N) is 2. The number of hydrogen-bond donors (Lipinski definition) is 0. The van der Waals surface area contributed by atoms with E-state index in [1.54, 1.807) is 19.2 Å². The average molecular weight is 378 g/mol. The zero-order valence-corrected chi connectivity index (χ0v) is 16.3. The smallest absolute Gasteiger partial charge is 0.257 e. The highest BCUT2D eigenvalue weighted by atomic mass is 16.5. The molecule has 0 N–H and O–H groups in total. The normalized spacial score (nSPS) is 17.2. The van der Waals surface area contributed by atoms with Gasteiger partial charge in [-0.3, -0.25) is 9.59 Å². The van der Waals surface area contributed by atoms with Crippen LogP contribution in [0.4, 0.5) is 5.69 Å². The number of anilines is 1. The molecule has 2 aromatic rings. The van der Waals surface area contributed by atoms with E-state index in [0.29, 0.717) is 37.2 Å². The minimum Gasteiger partial charge on any atom is -0.496 e. The average Bonchev–Trinajstić information content (AvgIpc) is 2.77. The predicted octanol–water partition coefficient (Wildman–Crippen LogP) is 3.53. The lowest BCUT2D eigenvalue weighted by Crippen LogP contribution is -2.45. The Labute approximate surface area is 165 Å². The second kappa shape index (κ2) is 8.05. The van der Waals surface area contributed by atoms with Crippen LogP contribution in [-0.4, -0.2) is 43.5 Å². The number of para-hydroxylation sites is 2. The van der Waals surface area contributed by atoms with Gasteiger partial charge < -0.3 is 14.5 Å². The van der Waals surface area contributed by atoms with Crippen LogP contribution in [0.2, 0.25) is 0 Å². The summed E-state index contributed by atoms with van der Waals surface area (Å²) in [6.45, 7) is 1.99. The Balaban J connectivity index is 1.42. The monoisotopic (exact) mass is 378 g/mol. The molecule has 0 spiro atoms. The summed E-state index contributed by atoms with van der Waals surface area (Å²) < 4.78 is 5.32. The molecular weight excluding hydrogens is 352 g/mol. The topological polar surface area (TPSA) is 49.9 Å². The molecule has 2 heterocycles. The number of carbonyl (C=O) groups is 2. The zero-order valence-electron chi connectivity index (χ0n) is 16.3. The largest absolute Gasteiger partial charge is 0.496 e. The maximum absolute atomic E-state index is 13.2. The Morgan fingerprint density at radius 2 is 1.68 bits per heavy atom. The van der Waals surface area contributed by atoms with Gasteiger partial charge >= 0.3 is 0 Å². The van der Waals surface area contributed by atoms with E-state index in [0.717, 1.165) is 25.1 Å². The van der Waals surface area contributed by atoms with Crippen molar-refractivity contribution in [3.8, 4) is 5.75 Å². The van der Waals surface area contributed by atoms with E-state index in [1.165, 1.54) is 5.56 Å². The maximum atomic E-state index is 13.2. The summed E-state index contributed by atoms with van der Waals surface area (Å²) in [6.07, 6.45) is 3.45. The van der Waals surface area contributed by atoms with Crippen LogP contribution in [-0.2, 0) is 11.2 Å². The van der Waals surface area contributed by atoms with Crippen LogP contribution in [0.3, 0.4) is 0 Å². The Morgan fingerprint density at radius 3 is 2.46 bits per heavy atom. The molecular formula is C23H26N2O3. The molecule has 0 aliphatic carbocycles. The van der Waals surface area contributed by atoms with Gasteiger partial charge in [-0.1, -0.05) is 30.3 Å². The van der Waals surface area contributed by atoms with Crippen molar-refractivity contribution in [1.82, 2.24) is 4.90 Å². The first-order valence-corrected chi connectivity index (χ1v) is 10.0. The lowest BCUT2D eigenvalue weighted by Gasteiger charge is -2.36. The fourth-order valence-electron chi connectivity index (χ4n) is 4.30. The van der Waals surface area contributed by atoms with Gasteiger partial charge in [-0.25, -0.2) is 0 Å². The summed E-state index contributed by atoms with van der Waals surface area (Å²) in [5.74, 6) is 0.756. The molecule has 2 aliphatic rings. The van der Waals surface area contributed by atoms with Crippen molar-refractivity contribution in [3.05, 3.63) is 59.7 Å². The molecule has 0 radical (unpaired) electrons. The molecule has 146 valence electrons. The first-order chi connectivity index (χ1) is 13.7. The molecule has 5 nitrogen and oxygen atoms in total. The number of carbonyl (C=O) groups excluding carboxylic acids is 2. The number of amides is 2. The summed E-state index contributed by atoms with van der Waals surface area (Å²) in [4.78, 5) is 29.8. The third kappa shape index (κ3) is 3.49. The van der Waals surface area contributed by atoms with Crippen molar-refractivity contribution < 1.29 is 14.3 Å². The molecule has 0 aromatic heterocycles. The lowest BCUT2D eigenvalue weighted by atomic mass is 9.92. The van der Waals surface area contributed by atoms with Crippen molar-refractivity contribution in [2.45, 2.75) is 25.7 Å². The van der Waals surface area contributed by atoms with Crippen molar-refractivity contribution in [1.29, 1.82) is 0 Å². The number of piperidine rings is 1. The standard InChI is InChI=1S/C23H26N2O3/c1-28-21-11-5-3-9-19(21)23(27)24-15-12-18(13-16-24)22(26)25-14-6-8-17-7-2-4-10-20(17)25/h2-5,7,9-11,18H,6,8,12-16H2,1H3. The van der Waals surface area contributed by atoms with Crippen LogP contribution in [0.1, 0.15) is 35.2 Å². The summed E-state index contributed by atoms with van der Waals surface area (Å²) in [7, 11) is 1.58. The molecule has 28 heavy (non-hydrogen) atoms. The van der Waals surface area contributed by atoms with Crippen molar-refractivity contribution in [2.75, 3.05) is 31.6 Å². The molecule has 0 unspecified atom stereocenters. The van der Waals surface area contributed by atoms with Crippen LogP contribution < -0.4 is 9.64 Å². The van der Waals surface area contributed by atoms with Crippen LogP contribution in [0, 0.1) is 5.92 Å². The minimum atomic E-state index is -0.0216. The third-order valence-electron chi connectivity index (χ3n) is 5.85. The van der Waals surface area contributed by atoms with E-state index in [1.807, 2.05) is 40.1 Å². The van der Waals surface area contributed by atoms with E-state index in [-0.39, 0.29) is 17.7 Å². The number of likely N-dealkylation sites (tertiary alicyclic amines) is 1. The second-order valence-corrected chi connectivity index (χ2v) is 7.49. The van der Waals surface area contributed by atoms with Crippen molar-refractivity contribution >= 4 is 17.5 Å². The van der Waals surface area contributed by atoms with Gasteiger partial charge in [-0.2, -0.15) is 0 Å². The van der Waals surface area contributed by atoms with E-state index >= 15 is 0 Å². The number of ether oxygens (including phenoxy) is 1. The number of hydrogen-bond acceptors (Lipinski definition) is 3. The quantitative estimate of drug-likeness (QED) is 0.821. The van der Waals surface area contributed by atoms with Gasteiger partial charge in [0.25, 0.3) is 5.91 Å². The first kappa shape index (κ1) is 18.5. The summed E-state index contributed by atoms with van der Waals surface area (Å²) >= 11 is 0. The first-order valence-electron chi connectivity index (χ1n) is 10.0. The molecule has 5 heteroatoms. The Kier molecular flexibility index (Phi) is 5.33. The molecule has 2 amide bonds. The predicted molar refractivity (Wildman–Crippen MR) is 109 cm³/mol. The lowest BCUT2D eigenvalue weighted by molar-refractivity contribution is -0.123. The Hall–Kier alpha value is -2.82. The van der Waals surface area contributed by atoms with E-state index < -0.39 is 0 Å². The fourth-order valence-corrected chi connectivity index (χ4v) is 4.30. The highest BCUT2D eigenvalue weighted by molar-refractivity contribution is 5.98. The molecule has 0 atom stereocenters. The summed E-state index contributed by atoms with van der Waals surface area (Å²) in [5, 5.41) is 0. The van der Waals surface area contributed by atoms with Crippen LogP contribution >= 0.6 is 0 Å². The second-order valence-electron chi connectivity index (χ2n) is 7.49. The molecule has 1 fully saturated rings. The Morgan fingerprint density at radius 1 is 0.964 bits per heavy atom. The zero-order chi connectivity index (χ0) is 19.5. The van der Waals surface area contributed by atoms with Gasteiger partial charge in [-0.15, -0.1) is 0 Å². The highest BCUT2D eigenvalue weighted by Crippen LogP contribution is 2.31. The minimum absolute atomic E-state index is 0.0205. The van der Waals surface area contributed by atoms with Crippen LogP contribution in [0.15, 0.2) is 48.5 Å². The highest BCUT2D eigenvalue weighted by Gasteiger charge is 2.33. The number of rotatable bonds is 3. The van der Waals surface area contributed by atoms with Crippen LogP contribution in [0.5, 0.6) is 5.75 Å².